The topological polar surface area (TPSA) is 15.3 Å². The Morgan fingerprint density at radius 3 is 2.72 bits per heavy atom. The molecule has 2 heteroatoms. The van der Waals surface area contributed by atoms with E-state index in [9.17, 15) is 0 Å². The third kappa shape index (κ3) is 2.60. The smallest absolute Gasteiger partial charge is 0.0235 e. The number of hydrogen-bond acceptors (Lipinski definition) is 2. The van der Waals surface area contributed by atoms with Crippen molar-refractivity contribution in [3.63, 3.8) is 0 Å². The van der Waals surface area contributed by atoms with Crippen molar-refractivity contribution in [1.29, 1.82) is 0 Å². The molecule has 104 valence electrons. The Morgan fingerprint density at radius 2 is 2.00 bits per heavy atom. The van der Waals surface area contributed by atoms with E-state index < -0.39 is 0 Å². The lowest BCUT2D eigenvalue weighted by molar-refractivity contribution is 0.0789. The molecule has 2 unspecified atom stereocenters. The van der Waals surface area contributed by atoms with Crippen LogP contribution in [0.25, 0.3) is 0 Å². The minimum Gasteiger partial charge on any atom is -0.312 e. The molecule has 0 spiro atoms. The van der Waals surface area contributed by atoms with Crippen LogP contribution in [0.1, 0.15) is 52.9 Å². The van der Waals surface area contributed by atoms with Gasteiger partial charge in [0.1, 0.15) is 0 Å². The number of piperidine rings is 1. The van der Waals surface area contributed by atoms with E-state index in [1.807, 2.05) is 0 Å². The Labute approximate surface area is 113 Å². The predicted octanol–water partition coefficient (Wildman–Crippen LogP) is 2.89. The minimum atomic E-state index is 0.559. The van der Waals surface area contributed by atoms with Crippen LogP contribution in [0.3, 0.4) is 0 Å². The van der Waals surface area contributed by atoms with Crippen LogP contribution in [-0.4, -0.2) is 36.6 Å². The third-order valence-electron chi connectivity index (χ3n) is 5.51. The molecule has 2 heterocycles. The molecule has 2 nitrogen and oxygen atoms in total. The molecule has 18 heavy (non-hydrogen) atoms. The summed E-state index contributed by atoms with van der Waals surface area (Å²) in [4.78, 5) is 2.82. The van der Waals surface area contributed by atoms with Gasteiger partial charge < -0.3 is 5.32 Å². The Kier molecular flexibility index (Phi) is 3.44. The van der Waals surface area contributed by atoms with Crippen molar-refractivity contribution in [3.05, 3.63) is 0 Å². The summed E-state index contributed by atoms with van der Waals surface area (Å²) in [5.74, 6) is 1.86. The van der Waals surface area contributed by atoms with Crippen LogP contribution in [0.4, 0.5) is 0 Å². The number of nitrogens with one attached hydrogen (secondary N) is 1. The highest BCUT2D eigenvalue weighted by molar-refractivity contribution is 4.97. The van der Waals surface area contributed by atoms with E-state index in [0.29, 0.717) is 5.41 Å². The van der Waals surface area contributed by atoms with E-state index in [0.717, 1.165) is 23.9 Å². The van der Waals surface area contributed by atoms with Gasteiger partial charge in [-0.2, -0.15) is 0 Å². The van der Waals surface area contributed by atoms with Crippen molar-refractivity contribution in [2.24, 2.45) is 17.3 Å². The van der Waals surface area contributed by atoms with Crippen LogP contribution < -0.4 is 5.32 Å². The van der Waals surface area contributed by atoms with Gasteiger partial charge in [0.15, 0.2) is 0 Å². The number of hydrogen-bond donors (Lipinski definition) is 1. The van der Waals surface area contributed by atoms with Gasteiger partial charge in [0.2, 0.25) is 0 Å². The van der Waals surface area contributed by atoms with E-state index in [-0.39, 0.29) is 0 Å². The van der Waals surface area contributed by atoms with Crippen LogP contribution in [-0.2, 0) is 0 Å². The van der Waals surface area contributed by atoms with E-state index in [1.54, 1.807) is 0 Å². The monoisotopic (exact) mass is 250 g/mol. The first-order valence-electron chi connectivity index (χ1n) is 8.01. The van der Waals surface area contributed by atoms with Crippen molar-refractivity contribution in [2.75, 3.05) is 19.6 Å². The highest BCUT2D eigenvalue weighted by Gasteiger charge is 2.41. The molecular weight excluding hydrogens is 220 g/mol. The first-order valence-corrected chi connectivity index (χ1v) is 8.01. The summed E-state index contributed by atoms with van der Waals surface area (Å²) in [6.07, 6.45) is 7.11. The Hall–Kier alpha value is -0.0800. The van der Waals surface area contributed by atoms with E-state index in [1.165, 1.54) is 51.7 Å². The molecule has 0 aromatic carbocycles. The number of rotatable bonds is 1. The van der Waals surface area contributed by atoms with Gasteiger partial charge in [0, 0.05) is 25.2 Å². The molecular formula is C16H30N2. The van der Waals surface area contributed by atoms with Gasteiger partial charge in [-0.15, -0.1) is 0 Å². The predicted molar refractivity (Wildman–Crippen MR) is 76.7 cm³/mol. The van der Waals surface area contributed by atoms with Crippen molar-refractivity contribution < 1.29 is 0 Å². The Balaban J connectivity index is 1.64. The fourth-order valence-corrected chi connectivity index (χ4v) is 4.95. The molecule has 4 atom stereocenters. The van der Waals surface area contributed by atoms with Crippen molar-refractivity contribution in [2.45, 2.75) is 65.0 Å². The lowest BCUT2D eigenvalue weighted by Crippen LogP contribution is -2.44. The molecule has 1 aliphatic carbocycles. The number of nitrogens with zero attached hydrogens (tertiary/aromatic N) is 1. The Morgan fingerprint density at radius 1 is 1.17 bits per heavy atom. The standard InChI is InChI=1S/C16H30N2/c1-12-7-14(9-16(2,3)8-12)18-10-13-5-4-6-17-15(13)11-18/h12-15,17H,4-11H2,1-3H3/t12?,13-,14?,15+/m0/s1. The number of fused-ring (bicyclic) bond motifs is 1. The third-order valence-corrected chi connectivity index (χ3v) is 5.51. The van der Waals surface area contributed by atoms with Gasteiger partial charge in [0.05, 0.1) is 0 Å². The van der Waals surface area contributed by atoms with Gasteiger partial charge in [-0.1, -0.05) is 20.8 Å². The first-order chi connectivity index (χ1) is 8.53. The van der Waals surface area contributed by atoms with Crippen LogP contribution in [0.2, 0.25) is 0 Å². The fourth-order valence-electron chi connectivity index (χ4n) is 4.95. The van der Waals surface area contributed by atoms with Crippen LogP contribution >= 0.6 is 0 Å². The summed E-state index contributed by atoms with van der Waals surface area (Å²) in [5, 5.41) is 3.74. The van der Waals surface area contributed by atoms with E-state index in [4.69, 9.17) is 0 Å². The maximum absolute atomic E-state index is 3.74. The maximum atomic E-state index is 3.74. The zero-order valence-electron chi connectivity index (χ0n) is 12.4. The quantitative estimate of drug-likeness (QED) is 0.770. The lowest BCUT2D eigenvalue weighted by Gasteiger charge is -2.43. The minimum absolute atomic E-state index is 0.559. The molecule has 0 aromatic rings. The molecule has 2 aliphatic heterocycles. The molecule has 0 bridgehead atoms. The van der Waals surface area contributed by atoms with Crippen LogP contribution in [0.5, 0.6) is 0 Å². The summed E-state index contributed by atoms with van der Waals surface area (Å²) in [6, 6.07) is 1.66. The molecule has 0 radical (unpaired) electrons. The first kappa shape index (κ1) is 12.9. The zero-order valence-corrected chi connectivity index (χ0v) is 12.4. The van der Waals surface area contributed by atoms with Crippen molar-refractivity contribution in [1.82, 2.24) is 10.2 Å². The van der Waals surface area contributed by atoms with Gasteiger partial charge in [-0.05, 0) is 55.9 Å². The second kappa shape index (κ2) is 4.79. The zero-order chi connectivity index (χ0) is 12.8. The summed E-state index contributed by atoms with van der Waals surface area (Å²) in [7, 11) is 0. The molecule has 0 aromatic heterocycles. The maximum Gasteiger partial charge on any atom is 0.0235 e. The van der Waals surface area contributed by atoms with E-state index >= 15 is 0 Å². The average Bonchev–Trinajstić information content (AvgIpc) is 2.69. The van der Waals surface area contributed by atoms with Crippen molar-refractivity contribution in [3.8, 4) is 0 Å². The molecule has 3 fully saturated rings. The summed E-state index contributed by atoms with van der Waals surface area (Å²) >= 11 is 0. The fraction of sp³-hybridized carbons (Fsp3) is 1.00. The highest BCUT2D eigenvalue weighted by atomic mass is 15.2. The molecule has 1 saturated carbocycles. The van der Waals surface area contributed by atoms with Gasteiger partial charge in [0.25, 0.3) is 0 Å². The van der Waals surface area contributed by atoms with E-state index in [2.05, 4.69) is 31.0 Å². The SMILES string of the molecule is CC1CC(N2C[C@@H]3CCCN[C@@H]3C2)CC(C)(C)C1. The van der Waals surface area contributed by atoms with Crippen LogP contribution in [0.15, 0.2) is 0 Å². The lowest BCUT2D eigenvalue weighted by atomic mass is 9.70. The second-order valence-electron chi connectivity index (χ2n) is 7.98. The van der Waals surface area contributed by atoms with Crippen molar-refractivity contribution >= 4 is 0 Å². The molecule has 3 rings (SSSR count). The van der Waals surface area contributed by atoms with Gasteiger partial charge in [-0.25, -0.2) is 0 Å². The Bertz CT molecular complexity index is 285. The normalized spacial score (nSPS) is 44.8. The van der Waals surface area contributed by atoms with Gasteiger partial charge in [-0.3, -0.25) is 4.90 Å². The molecule has 2 saturated heterocycles. The van der Waals surface area contributed by atoms with Crippen LogP contribution in [0, 0.1) is 17.3 Å². The highest BCUT2D eigenvalue weighted by Crippen LogP contribution is 2.42. The second-order valence-corrected chi connectivity index (χ2v) is 7.98. The molecule has 0 amide bonds. The largest absolute Gasteiger partial charge is 0.312 e. The van der Waals surface area contributed by atoms with Gasteiger partial charge >= 0.3 is 0 Å². The number of likely N-dealkylation sites (tertiary alicyclic amines) is 1. The molecule has 3 aliphatic rings. The molecule has 1 N–H and O–H groups in total. The summed E-state index contributed by atoms with van der Waals surface area (Å²) < 4.78 is 0. The average molecular weight is 250 g/mol. The summed E-state index contributed by atoms with van der Waals surface area (Å²) in [5.41, 5.74) is 0.559. The summed E-state index contributed by atoms with van der Waals surface area (Å²) in [6.45, 7) is 11.3.